The summed E-state index contributed by atoms with van der Waals surface area (Å²) < 4.78 is 21.9. The molecule has 0 amide bonds. The summed E-state index contributed by atoms with van der Waals surface area (Å²) in [6, 6.07) is 5.15. The first-order valence-electron chi connectivity index (χ1n) is 6.21. The molecule has 0 aliphatic heterocycles. The molecule has 0 unspecified atom stereocenters. The third kappa shape index (κ3) is 5.51. The summed E-state index contributed by atoms with van der Waals surface area (Å²) >= 11 is 0. The fourth-order valence-electron chi connectivity index (χ4n) is 1.74. The maximum absolute atomic E-state index is 9.66. The number of hydrogen-bond acceptors (Lipinski definition) is 5. The van der Waals surface area contributed by atoms with E-state index in [-0.39, 0.29) is 29.0 Å². The second-order valence-corrected chi connectivity index (χ2v) is 12.6. The Labute approximate surface area is 139 Å². The average molecular weight is 399 g/mol. The van der Waals surface area contributed by atoms with Gasteiger partial charge < -0.3 is 40.1 Å². The van der Waals surface area contributed by atoms with Crippen LogP contribution in [0.3, 0.4) is 0 Å². The maximum Gasteiger partial charge on any atom is 0.539 e. The van der Waals surface area contributed by atoms with Gasteiger partial charge in [-0.1, -0.05) is 0 Å². The first kappa shape index (κ1) is 20.8. The molecule has 122 valence electrons. The molecule has 1 aromatic carbocycles. The predicted octanol–water partition coefficient (Wildman–Crippen LogP) is -1.28. The number of phenolic OH excluding ortho intramolecular Hbond substituents is 1. The quantitative estimate of drug-likeness (QED) is 0.458. The molecule has 0 spiro atoms. The average Bonchev–Trinajstić information content (AvgIpc) is 2.41. The zero-order valence-corrected chi connectivity index (χ0v) is 16.8. The van der Waals surface area contributed by atoms with Gasteiger partial charge in [-0.15, -0.1) is 0 Å². The highest BCUT2D eigenvalue weighted by atomic mass is 79.9. The van der Waals surface area contributed by atoms with E-state index in [0.29, 0.717) is 0 Å². The van der Waals surface area contributed by atoms with Gasteiger partial charge in [0.2, 0.25) is 0 Å². The molecule has 0 heterocycles. The lowest BCUT2D eigenvalue weighted by atomic mass is 10.3. The van der Waals surface area contributed by atoms with E-state index in [1.807, 2.05) is 0 Å². The van der Waals surface area contributed by atoms with Crippen molar-refractivity contribution in [3.63, 3.8) is 0 Å². The van der Waals surface area contributed by atoms with Crippen molar-refractivity contribution >= 4 is 21.4 Å². The second-order valence-electron chi connectivity index (χ2n) is 5.25. The van der Waals surface area contributed by atoms with Crippen molar-refractivity contribution < 1.29 is 40.1 Å². The number of aromatic hydroxyl groups is 1. The molecule has 0 radical (unpaired) electrons. The monoisotopic (exact) mass is 398 g/mol. The van der Waals surface area contributed by atoms with Gasteiger partial charge in [0.25, 0.3) is 0 Å². The van der Waals surface area contributed by atoms with Crippen molar-refractivity contribution in [2.45, 2.75) is 0 Å². The summed E-state index contributed by atoms with van der Waals surface area (Å²) in [5.74, 6) is 0.989. The summed E-state index contributed by atoms with van der Waals surface area (Å²) in [5.41, 5.74) is 0. The van der Waals surface area contributed by atoms with E-state index in [1.54, 1.807) is 39.5 Å². The summed E-state index contributed by atoms with van der Waals surface area (Å²) in [5, 5.41) is 10.7. The van der Waals surface area contributed by atoms with Crippen LogP contribution >= 0.6 is 7.26 Å². The minimum Gasteiger partial charge on any atom is -1.00 e. The van der Waals surface area contributed by atoms with Crippen LogP contribution in [0.5, 0.6) is 11.5 Å². The van der Waals surface area contributed by atoms with Crippen molar-refractivity contribution in [1.29, 1.82) is 0 Å². The molecule has 1 aromatic rings. The van der Waals surface area contributed by atoms with E-state index in [1.165, 1.54) is 0 Å². The number of phenols is 1. The molecule has 0 saturated carbocycles. The lowest BCUT2D eigenvalue weighted by Gasteiger charge is -2.25. The lowest BCUT2D eigenvalue weighted by Crippen LogP contribution is -3.00. The first-order chi connectivity index (χ1) is 9.28. The van der Waals surface area contributed by atoms with E-state index in [0.717, 1.165) is 11.1 Å². The minimum absolute atomic E-state index is 0. The fourth-order valence-corrected chi connectivity index (χ4v) is 4.25. The molecule has 0 aliphatic carbocycles. The SMILES string of the molecule is CO[Si](COc1ccc(O)cc1[P+](C)(C)C)(OC)OC.[Br-]. The topological polar surface area (TPSA) is 57.2 Å². The summed E-state index contributed by atoms with van der Waals surface area (Å²) in [6.45, 7) is 6.51. The Morgan fingerprint density at radius 3 is 2.00 bits per heavy atom. The Morgan fingerprint density at radius 1 is 1.05 bits per heavy atom. The van der Waals surface area contributed by atoms with Gasteiger partial charge in [-0.25, -0.2) is 0 Å². The van der Waals surface area contributed by atoms with Crippen LogP contribution < -0.4 is 27.0 Å². The highest BCUT2D eigenvalue weighted by Gasteiger charge is 2.40. The highest BCUT2D eigenvalue weighted by molar-refractivity contribution is 7.81. The number of rotatable bonds is 7. The van der Waals surface area contributed by atoms with E-state index >= 15 is 0 Å². The summed E-state index contributed by atoms with van der Waals surface area (Å²) in [4.78, 5) is 0. The molecular formula is C13H24BrO5PSi. The molecule has 0 fully saturated rings. The van der Waals surface area contributed by atoms with Gasteiger partial charge in [-0.05, 0) is 12.1 Å². The lowest BCUT2D eigenvalue weighted by molar-refractivity contribution is -0.00000989. The number of hydrogen-bond donors (Lipinski definition) is 1. The van der Waals surface area contributed by atoms with Crippen LogP contribution in [-0.4, -0.2) is 61.5 Å². The largest absolute Gasteiger partial charge is 1.00 e. The van der Waals surface area contributed by atoms with Crippen molar-refractivity contribution in [3.05, 3.63) is 18.2 Å². The van der Waals surface area contributed by atoms with Gasteiger partial charge in [0.1, 0.15) is 11.1 Å². The van der Waals surface area contributed by atoms with Crippen molar-refractivity contribution in [3.8, 4) is 11.5 Å². The Hall–Kier alpha value is -0.173. The minimum atomic E-state index is -2.77. The van der Waals surface area contributed by atoms with E-state index in [9.17, 15) is 5.11 Å². The van der Waals surface area contributed by atoms with Gasteiger partial charge in [-0.3, -0.25) is 0 Å². The highest BCUT2D eigenvalue weighted by Crippen LogP contribution is 2.48. The van der Waals surface area contributed by atoms with Crippen LogP contribution in [0.4, 0.5) is 0 Å². The molecule has 0 aromatic heterocycles. The molecule has 0 aliphatic rings. The van der Waals surface area contributed by atoms with Gasteiger partial charge in [-0.2, -0.15) is 0 Å². The Bertz CT molecular complexity index is 440. The molecule has 5 nitrogen and oxygen atoms in total. The van der Waals surface area contributed by atoms with Crippen LogP contribution in [0.2, 0.25) is 0 Å². The van der Waals surface area contributed by atoms with Crippen LogP contribution in [-0.2, 0) is 13.3 Å². The standard InChI is InChI=1S/C13H23O5PSi.BrH/c1-15-20(16-2,17-3)10-18-12-8-7-11(14)9-13(12)19(4,5)6;/h7-9H,10H2,1-6H3;1H. The number of halogens is 1. The first-order valence-corrected chi connectivity index (χ1v) is 11.3. The van der Waals surface area contributed by atoms with Crippen LogP contribution in [0.1, 0.15) is 0 Å². The summed E-state index contributed by atoms with van der Waals surface area (Å²) in [6.07, 6.45) is 0.230. The zero-order valence-electron chi connectivity index (χ0n) is 13.3. The normalized spacial score (nSPS) is 11.9. The van der Waals surface area contributed by atoms with Crippen molar-refractivity contribution in [1.82, 2.24) is 0 Å². The van der Waals surface area contributed by atoms with Gasteiger partial charge in [0, 0.05) is 34.7 Å². The Morgan fingerprint density at radius 2 is 1.57 bits per heavy atom. The van der Waals surface area contributed by atoms with Crippen molar-refractivity contribution in [2.75, 3.05) is 47.6 Å². The number of benzene rings is 1. The van der Waals surface area contributed by atoms with Gasteiger partial charge in [0.15, 0.2) is 12.0 Å². The van der Waals surface area contributed by atoms with Crippen LogP contribution in [0.15, 0.2) is 18.2 Å². The van der Waals surface area contributed by atoms with Crippen LogP contribution in [0, 0.1) is 0 Å². The van der Waals surface area contributed by atoms with E-state index < -0.39 is 16.1 Å². The van der Waals surface area contributed by atoms with Gasteiger partial charge in [0.05, 0.1) is 20.0 Å². The number of ether oxygens (including phenoxy) is 1. The molecular weight excluding hydrogens is 375 g/mol. The molecule has 1 N–H and O–H groups in total. The molecule has 0 atom stereocenters. The molecule has 8 heteroatoms. The molecule has 0 bridgehead atoms. The third-order valence-corrected chi connectivity index (χ3v) is 7.16. The molecule has 0 saturated heterocycles. The van der Waals surface area contributed by atoms with Crippen molar-refractivity contribution in [2.24, 2.45) is 0 Å². The molecule has 1 rings (SSSR count). The zero-order chi connectivity index (χ0) is 15.4. The molecule has 21 heavy (non-hydrogen) atoms. The Balaban J connectivity index is 0.00000400. The smallest absolute Gasteiger partial charge is 0.539 e. The van der Waals surface area contributed by atoms with Crippen LogP contribution in [0.25, 0.3) is 0 Å². The fraction of sp³-hybridized carbons (Fsp3) is 0.538. The predicted molar refractivity (Wildman–Crippen MR) is 84.7 cm³/mol. The second kappa shape index (κ2) is 8.46. The summed E-state index contributed by atoms with van der Waals surface area (Å²) in [7, 11) is 0.558. The Kier molecular flexibility index (Phi) is 8.39. The maximum atomic E-state index is 9.66. The van der Waals surface area contributed by atoms with Gasteiger partial charge >= 0.3 is 8.80 Å². The van der Waals surface area contributed by atoms with E-state index in [4.69, 9.17) is 18.0 Å². The third-order valence-electron chi connectivity index (χ3n) is 3.00. The van der Waals surface area contributed by atoms with E-state index in [2.05, 4.69) is 20.0 Å².